The van der Waals surface area contributed by atoms with Crippen molar-refractivity contribution in [2.45, 2.75) is 0 Å². The summed E-state index contributed by atoms with van der Waals surface area (Å²) in [6, 6.07) is 4.93. The summed E-state index contributed by atoms with van der Waals surface area (Å²) >= 11 is 0. The lowest BCUT2D eigenvalue weighted by Crippen LogP contribution is -2.14. The lowest BCUT2D eigenvalue weighted by molar-refractivity contribution is 0.102. The number of pyridine rings is 1. The van der Waals surface area contributed by atoms with E-state index in [4.69, 9.17) is 5.73 Å². The molecule has 0 aliphatic rings. The quantitative estimate of drug-likeness (QED) is 0.773. The minimum absolute atomic E-state index is 0.294. The van der Waals surface area contributed by atoms with E-state index in [2.05, 4.69) is 15.4 Å². The molecule has 16 heavy (non-hydrogen) atoms. The number of carbonyl (C=O) groups is 1. The van der Waals surface area contributed by atoms with Gasteiger partial charge in [-0.2, -0.15) is 5.10 Å². The first-order valence-electron chi connectivity index (χ1n) is 4.67. The predicted molar refractivity (Wildman–Crippen MR) is 59.8 cm³/mol. The molecule has 0 aromatic carbocycles. The molecule has 6 nitrogen and oxygen atoms in total. The molecule has 2 aromatic heterocycles. The van der Waals surface area contributed by atoms with Crippen LogP contribution in [0.3, 0.4) is 0 Å². The lowest BCUT2D eigenvalue weighted by Gasteiger charge is -2.01. The molecular formula is C10H11N5O. The van der Waals surface area contributed by atoms with Crippen LogP contribution < -0.4 is 11.1 Å². The van der Waals surface area contributed by atoms with Crippen LogP contribution in [0.5, 0.6) is 0 Å². The van der Waals surface area contributed by atoms with Crippen LogP contribution >= 0.6 is 0 Å². The van der Waals surface area contributed by atoms with E-state index < -0.39 is 0 Å². The zero-order valence-electron chi connectivity index (χ0n) is 8.71. The molecule has 2 heterocycles. The van der Waals surface area contributed by atoms with E-state index in [0.29, 0.717) is 17.2 Å². The van der Waals surface area contributed by atoms with Gasteiger partial charge in [-0.3, -0.25) is 9.48 Å². The maximum absolute atomic E-state index is 11.7. The van der Waals surface area contributed by atoms with Gasteiger partial charge in [0.15, 0.2) is 5.69 Å². The molecule has 1 amide bonds. The topological polar surface area (TPSA) is 85.8 Å². The fourth-order valence-electron chi connectivity index (χ4n) is 1.20. The van der Waals surface area contributed by atoms with Gasteiger partial charge in [0.1, 0.15) is 5.82 Å². The number of hydrogen-bond donors (Lipinski definition) is 2. The van der Waals surface area contributed by atoms with Crippen molar-refractivity contribution in [1.29, 1.82) is 0 Å². The van der Waals surface area contributed by atoms with E-state index >= 15 is 0 Å². The van der Waals surface area contributed by atoms with Gasteiger partial charge >= 0.3 is 0 Å². The van der Waals surface area contributed by atoms with E-state index in [1.165, 1.54) is 6.20 Å². The summed E-state index contributed by atoms with van der Waals surface area (Å²) in [4.78, 5) is 15.6. The number of amides is 1. The van der Waals surface area contributed by atoms with Gasteiger partial charge in [0.2, 0.25) is 0 Å². The van der Waals surface area contributed by atoms with E-state index in [-0.39, 0.29) is 5.91 Å². The highest BCUT2D eigenvalue weighted by Gasteiger charge is 2.09. The van der Waals surface area contributed by atoms with Gasteiger partial charge in [-0.15, -0.1) is 0 Å². The number of hydrogen-bond acceptors (Lipinski definition) is 4. The molecule has 0 bridgehead atoms. The minimum Gasteiger partial charge on any atom is -0.397 e. The van der Waals surface area contributed by atoms with Crippen molar-refractivity contribution < 1.29 is 4.79 Å². The van der Waals surface area contributed by atoms with Crippen LogP contribution in [0, 0.1) is 0 Å². The molecule has 0 aliphatic heterocycles. The second kappa shape index (κ2) is 4.01. The van der Waals surface area contributed by atoms with Gasteiger partial charge in [0.05, 0.1) is 11.9 Å². The average Bonchev–Trinajstić information content (AvgIpc) is 2.68. The van der Waals surface area contributed by atoms with Crippen LogP contribution in [0.1, 0.15) is 10.5 Å². The molecule has 0 saturated carbocycles. The van der Waals surface area contributed by atoms with Crippen molar-refractivity contribution in [2.24, 2.45) is 7.05 Å². The van der Waals surface area contributed by atoms with Crippen molar-refractivity contribution in [3.63, 3.8) is 0 Å². The van der Waals surface area contributed by atoms with Crippen molar-refractivity contribution in [1.82, 2.24) is 14.8 Å². The van der Waals surface area contributed by atoms with Gasteiger partial charge in [0.25, 0.3) is 5.91 Å². The summed E-state index contributed by atoms with van der Waals surface area (Å²) in [5.74, 6) is 0.155. The number of nitrogen functional groups attached to an aromatic ring is 1. The zero-order valence-corrected chi connectivity index (χ0v) is 8.71. The number of nitrogens with two attached hydrogens (primary N) is 1. The monoisotopic (exact) mass is 217 g/mol. The molecule has 2 aromatic rings. The summed E-state index contributed by atoms with van der Waals surface area (Å²) in [5.41, 5.74) is 6.38. The molecule has 82 valence electrons. The first-order chi connectivity index (χ1) is 7.65. The Morgan fingerprint density at radius 3 is 2.81 bits per heavy atom. The lowest BCUT2D eigenvalue weighted by atomic mass is 10.4. The third-order valence-electron chi connectivity index (χ3n) is 1.97. The number of anilines is 2. The van der Waals surface area contributed by atoms with Gasteiger partial charge in [-0.1, -0.05) is 0 Å². The molecule has 0 atom stereocenters. The fourth-order valence-corrected chi connectivity index (χ4v) is 1.20. The van der Waals surface area contributed by atoms with Crippen molar-refractivity contribution in [3.8, 4) is 0 Å². The van der Waals surface area contributed by atoms with Gasteiger partial charge in [-0.05, 0) is 18.2 Å². The Kier molecular flexibility index (Phi) is 2.55. The molecule has 0 radical (unpaired) electrons. The van der Waals surface area contributed by atoms with Gasteiger partial charge in [0, 0.05) is 13.2 Å². The number of aromatic nitrogens is 3. The normalized spacial score (nSPS) is 10.1. The summed E-state index contributed by atoms with van der Waals surface area (Å²) in [5, 5.41) is 6.59. The molecule has 0 saturated heterocycles. The second-order valence-electron chi connectivity index (χ2n) is 3.31. The molecule has 2 rings (SSSR count). The van der Waals surface area contributed by atoms with Crippen LogP contribution in [-0.2, 0) is 7.05 Å². The maximum atomic E-state index is 11.7. The Balaban J connectivity index is 2.10. The van der Waals surface area contributed by atoms with Crippen molar-refractivity contribution >= 4 is 17.4 Å². The number of aryl methyl sites for hydroxylation is 1. The van der Waals surface area contributed by atoms with Crippen molar-refractivity contribution in [2.75, 3.05) is 11.1 Å². The third-order valence-corrected chi connectivity index (χ3v) is 1.97. The van der Waals surface area contributed by atoms with Gasteiger partial charge in [-0.25, -0.2) is 4.98 Å². The molecule has 0 fully saturated rings. The Bertz CT molecular complexity index is 502. The predicted octanol–water partition coefficient (Wildman–Crippen LogP) is 0.650. The first-order valence-corrected chi connectivity index (χ1v) is 4.67. The Labute approximate surface area is 92.1 Å². The summed E-state index contributed by atoms with van der Waals surface area (Å²) < 4.78 is 1.56. The van der Waals surface area contributed by atoms with Gasteiger partial charge < -0.3 is 11.1 Å². The number of rotatable bonds is 2. The molecule has 0 aliphatic carbocycles. The Hall–Kier alpha value is -2.37. The molecule has 3 N–H and O–H groups in total. The minimum atomic E-state index is -0.294. The average molecular weight is 217 g/mol. The molecule has 0 spiro atoms. The van der Waals surface area contributed by atoms with E-state index in [1.54, 1.807) is 36.1 Å². The highest BCUT2D eigenvalue weighted by atomic mass is 16.2. The Morgan fingerprint density at radius 1 is 1.44 bits per heavy atom. The number of nitrogens with zero attached hydrogens (tertiary/aromatic N) is 3. The zero-order chi connectivity index (χ0) is 11.5. The Morgan fingerprint density at radius 2 is 2.25 bits per heavy atom. The number of carbonyl (C=O) groups excluding carboxylic acids is 1. The number of nitrogens with one attached hydrogen (secondary N) is 1. The molecule has 0 unspecified atom stereocenters. The summed E-state index contributed by atoms with van der Waals surface area (Å²) in [7, 11) is 1.75. The second-order valence-corrected chi connectivity index (χ2v) is 3.31. The van der Waals surface area contributed by atoms with E-state index in [0.717, 1.165) is 0 Å². The van der Waals surface area contributed by atoms with E-state index in [1.807, 2.05) is 0 Å². The standard InChI is InChI=1S/C10H11N5O/c1-15-5-4-8(14-15)10(16)13-9-3-2-7(11)6-12-9/h2-6H,11H2,1H3,(H,12,13,16). The smallest absolute Gasteiger partial charge is 0.277 e. The SMILES string of the molecule is Cn1ccc(C(=O)Nc2ccc(N)cn2)n1. The maximum Gasteiger partial charge on any atom is 0.277 e. The summed E-state index contributed by atoms with van der Waals surface area (Å²) in [6.45, 7) is 0. The molecular weight excluding hydrogens is 206 g/mol. The van der Waals surface area contributed by atoms with Crippen molar-refractivity contribution in [3.05, 3.63) is 36.3 Å². The fraction of sp³-hybridized carbons (Fsp3) is 0.100. The van der Waals surface area contributed by atoms with Crippen LogP contribution in [0.25, 0.3) is 0 Å². The highest BCUT2D eigenvalue weighted by molar-refractivity contribution is 6.02. The van der Waals surface area contributed by atoms with Crippen LogP contribution in [0.15, 0.2) is 30.6 Å². The van der Waals surface area contributed by atoms with Crippen LogP contribution in [0.4, 0.5) is 11.5 Å². The van der Waals surface area contributed by atoms with E-state index in [9.17, 15) is 4.79 Å². The molecule has 6 heteroatoms. The largest absolute Gasteiger partial charge is 0.397 e. The third kappa shape index (κ3) is 2.17. The first kappa shape index (κ1) is 10.2. The van der Waals surface area contributed by atoms with Crippen LogP contribution in [0.2, 0.25) is 0 Å². The summed E-state index contributed by atoms with van der Waals surface area (Å²) in [6.07, 6.45) is 3.18. The van der Waals surface area contributed by atoms with Crippen LogP contribution in [-0.4, -0.2) is 20.7 Å². The highest BCUT2D eigenvalue weighted by Crippen LogP contribution is 2.07.